The van der Waals surface area contributed by atoms with Crippen LogP contribution in [0.2, 0.25) is 0 Å². The average Bonchev–Trinajstić information content (AvgIpc) is 3.04. The van der Waals surface area contributed by atoms with Crippen molar-refractivity contribution in [2.75, 3.05) is 0 Å². The summed E-state index contributed by atoms with van der Waals surface area (Å²) in [4.78, 5) is 25.2. The van der Waals surface area contributed by atoms with Gasteiger partial charge in [0.05, 0.1) is 6.26 Å². The molecule has 0 fully saturated rings. The minimum Gasteiger partial charge on any atom is -0.480 e. The molecule has 1 N–H and O–H groups in total. The highest BCUT2D eigenvalue weighted by molar-refractivity contribution is 5.94. The van der Waals surface area contributed by atoms with Crippen molar-refractivity contribution in [1.82, 2.24) is 4.90 Å². The summed E-state index contributed by atoms with van der Waals surface area (Å²) in [6.45, 7) is 0.300. The van der Waals surface area contributed by atoms with Gasteiger partial charge < -0.3 is 14.4 Å². The maximum absolute atomic E-state index is 12.4. The normalized spacial score (nSPS) is 17.5. The third kappa shape index (κ3) is 2.79. The van der Waals surface area contributed by atoms with E-state index in [4.69, 9.17) is 4.42 Å². The van der Waals surface area contributed by atoms with Crippen LogP contribution in [0.25, 0.3) is 6.08 Å². The van der Waals surface area contributed by atoms with Gasteiger partial charge in [0.2, 0.25) is 5.91 Å². The maximum Gasteiger partial charge on any atom is 0.326 e. The Morgan fingerprint density at radius 2 is 1.95 bits per heavy atom. The van der Waals surface area contributed by atoms with Gasteiger partial charge >= 0.3 is 5.97 Å². The molecule has 1 atom stereocenters. The van der Waals surface area contributed by atoms with E-state index in [2.05, 4.69) is 0 Å². The van der Waals surface area contributed by atoms with Gasteiger partial charge in [0, 0.05) is 19.0 Å². The fourth-order valence-electron chi connectivity index (χ4n) is 2.61. The highest BCUT2D eigenvalue weighted by Crippen LogP contribution is 2.24. The summed E-state index contributed by atoms with van der Waals surface area (Å²) in [7, 11) is 0. The van der Waals surface area contributed by atoms with E-state index in [1.807, 2.05) is 24.3 Å². The number of carboxylic acid groups (broad SMARTS) is 1. The van der Waals surface area contributed by atoms with Crippen LogP contribution in [0.3, 0.4) is 0 Å². The fraction of sp³-hybridized carbons (Fsp3) is 0.176. The Hall–Kier alpha value is -2.82. The largest absolute Gasteiger partial charge is 0.480 e. The summed E-state index contributed by atoms with van der Waals surface area (Å²) < 4.78 is 5.13. The number of furan rings is 1. The van der Waals surface area contributed by atoms with Gasteiger partial charge in [-0.15, -0.1) is 0 Å². The minimum absolute atomic E-state index is 0.300. The number of hydrogen-bond donors (Lipinski definition) is 1. The number of rotatable bonds is 3. The van der Waals surface area contributed by atoms with Crippen LogP contribution in [-0.2, 0) is 22.6 Å². The molecule has 0 aliphatic carbocycles. The first-order valence-corrected chi connectivity index (χ1v) is 6.97. The highest BCUT2D eigenvalue weighted by atomic mass is 16.4. The lowest BCUT2D eigenvalue weighted by Crippen LogP contribution is -2.48. The molecule has 1 aromatic carbocycles. The number of hydrogen-bond acceptors (Lipinski definition) is 3. The molecule has 1 aliphatic rings. The predicted molar refractivity (Wildman–Crippen MR) is 79.9 cm³/mol. The van der Waals surface area contributed by atoms with Crippen molar-refractivity contribution in [3.05, 3.63) is 65.6 Å². The second-order valence-corrected chi connectivity index (χ2v) is 5.14. The van der Waals surface area contributed by atoms with E-state index in [0.29, 0.717) is 18.7 Å². The van der Waals surface area contributed by atoms with Gasteiger partial charge in [-0.05, 0) is 29.3 Å². The minimum atomic E-state index is -0.991. The van der Waals surface area contributed by atoms with Crippen molar-refractivity contribution in [3.63, 3.8) is 0 Å². The maximum atomic E-state index is 12.4. The second kappa shape index (κ2) is 5.89. The van der Waals surface area contributed by atoms with Crippen molar-refractivity contribution in [3.8, 4) is 0 Å². The Morgan fingerprint density at radius 3 is 2.64 bits per heavy atom. The molecular weight excluding hydrogens is 282 g/mol. The van der Waals surface area contributed by atoms with Crippen molar-refractivity contribution in [1.29, 1.82) is 0 Å². The van der Waals surface area contributed by atoms with Crippen LogP contribution >= 0.6 is 0 Å². The summed E-state index contributed by atoms with van der Waals surface area (Å²) in [6.07, 6.45) is 4.73. The molecule has 0 spiro atoms. The first-order valence-electron chi connectivity index (χ1n) is 6.97. The molecule has 2 heterocycles. The summed E-state index contributed by atoms with van der Waals surface area (Å²) in [5.74, 6) is -0.773. The van der Waals surface area contributed by atoms with E-state index in [0.717, 1.165) is 11.1 Å². The third-order valence-corrected chi connectivity index (χ3v) is 3.75. The number of nitrogens with zero attached hydrogens (tertiary/aromatic N) is 1. The predicted octanol–water partition coefficient (Wildman–Crippen LogP) is 2.33. The van der Waals surface area contributed by atoms with E-state index in [-0.39, 0.29) is 5.91 Å². The number of carboxylic acids is 1. The standard InChI is InChI=1S/C17H15NO4/c19-16(8-7-14-6-3-9-22-14)18-11-13-5-2-1-4-12(13)10-15(18)17(20)21/h1-9,15H,10-11H2,(H,20,21)/b8-7-/t15-/m1/s1. The average molecular weight is 297 g/mol. The molecule has 2 aromatic rings. The third-order valence-electron chi connectivity index (χ3n) is 3.75. The second-order valence-electron chi connectivity index (χ2n) is 5.14. The molecule has 5 heteroatoms. The molecular formula is C17H15NO4. The zero-order valence-electron chi connectivity index (χ0n) is 11.8. The molecule has 22 heavy (non-hydrogen) atoms. The zero-order chi connectivity index (χ0) is 15.5. The Balaban J connectivity index is 1.84. The van der Waals surface area contributed by atoms with Crippen LogP contribution in [0.5, 0.6) is 0 Å². The molecule has 1 aliphatic heterocycles. The molecule has 0 saturated carbocycles. The van der Waals surface area contributed by atoms with E-state index < -0.39 is 12.0 Å². The van der Waals surface area contributed by atoms with E-state index in [1.165, 1.54) is 17.2 Å². The number of fused-ring (bicyclic) bond motifs is 1. The van der Waals surface area contributed by atoms with E-state index in [9.17, 15) is 14.7 Å². The SMILES string of the molecule is O=C(O)[C@H]1Cc2ccccc2CN1C(=O)/C=C\c1ccco1. The Labute approximate surface area is 127 Å². The highest BCUT2D eigenvalue weighted by Gasteiger charge is 2.33. The van der Waals surface area contributed by atoms with Gasteiger partial charge in [-0.25, -0.2) is 4.79 Å². The van der Waals surface area contributed by atoms with Gasteiger partial charge in [-0.2, -0.15) is 0 Å². The molecule has 0 radical (unpaired) electrons. The molecule has 1 aromatic heterocycles. The van der Waals surface area contributed by atoms with Crippen LogP contribution in [0.1, 0.15) is 16.9 Å². The van der Waals surface area contributed by atoms with Crippen LogP contribution in [0.4, 0.5) is 0 Å². The smallest absolute Gasteiger partial charge is 0.326 e. The number of benzene rings is 1. The lowest BCUT2D eigenvalue weighted by Gasteiger charge is -2.33. The number of carbonyl (C=O) groups excluding carboxylic acids is 1. The topological polar surface area (TPSA) is 70.8 Å². The number of aliphatic carboxylic acids is 1. The van der Waals surface area contributed by atoms with Crippen molar-refractivity contribution < 1.29 is 19.1 Å². The summed E-state index contributed by atoms with van der Waals surface area (Å²) in [5, 5.41) is 9.40. The molecule has 0 saturated heterocycles. The quantitative estimate of drug-likeness (QED) is 0.883. The first kappa shape index (κ1) is 14.1. The van der Waals surface area contributed by atoms with E-state index in [1.54, 1.807) is 18.2 Å². The lowest BCUT2D eigenvalue weighted by atomic mass is 9.94. The molecule has 3 rings (SSSR count). The monoisotopic (exact) mass is 297 g/mol. The Bertz CT molecular complexity index is 718. The van der Waals surface area contributed by atoms with Crippen molar-refractivity contribution >= 4 is 18.0 Å². The lowest BCUT2D eigenvalue weighted by molar-refractivity contribution is -0.149. The molecule has 5 nitrogen and oxygen atoms in total. The Kier molecular flexibility index (Phi) is 3.78. The molecule has 112 valence electrons. The van der Waals surface area contributed by atoms with Crippen molar-refractivity contribution in [2.24, 2.45) is 0 Å². The van der Waals surface area contributed by atoms with Gasteiger partial charge in [0.15, 0.2) is 0 Å². The van der Waals surface area contributed by atoms with Gasteiger partial charge in [-0.3, -0.25) is 4.79 Å². The van der Waals surface area contributed by atoms with E-state index >= 15 is 0 Å². The van der Waals surface area contributed by atoms with Gasteiger partial charge in [0.25, 0.3) is 0 Å². The summed E-state index contributed by atoms with van der Waals surface area (Å²) in [6, 6.07) is 10.2. The number of carbonyl (C=O) groups is 2. The fourth-order valence-corrected chi connectivity index (χ4v) is 2.61. The molecule has 0 bridgehead atoms. The van der Waals surface area contributed by atoms with Crippen LogP contribution < -0.4 is 0 Å². The summed E-state index contributed by atoms with van der Waals surface area (Å²) >= 11 is 0. The van der Waals surface area contributed by atoms with Crippen LogP contribution in [-0.4, -0.2) is 27.9 Å². The molecule has 0 unspecified atom stereocenters. The number of amides is 1. The van der Waals surface area contributed by atoms with Gasteiger partial charge in [-0.1, -0.05) is 24.3 Å². The van der Waals surface area contributed by atoms with Crippen LogP contribution in [0, 0.1) is 0 Å². The van der Waals surface area contributed by atoms with Crippen molar-refractivity contribution in [2.45, 2.75) is 19.0 Å². The van der Waals surface area contributed by atoms with Gasteiger partial charge in [0.1, 0.15) is 11.8 Å². The Morgan fingerprint density at radius 1 is 1.18 bits per heavy atom. The van der Waals surface area contributed by atoms with Crippen LogP contribution in [0.15, 0.2) is 53.2 Å². The first-order chi connectivity index (χ1) is 10.6. The molecule has 1 amide bonds. The summed E-state index contributed by atoms with van der Waals surface area (Å²) in [5.41, 5.74) is 1.97. The zero-order valence-corrected chi connectivity index (χ0v) is 11.8.